The van der Waals surface area contributed by atoms with Crippen LogP contribution in [-0.4, -0.2) is 11.8 Å². The van der Waals surface area contributed by atoms with Crippen molar-refractivity contribution in [3.05, 3.63) is 36.6 Å². The monoisotopic (exact) mass is 486 g/mol. The smallest absolute Gasteiger partial charge is 0.0190 e. The average Bonchev–Trinajstić information content (AvgIpc) is 2.44. The molecule has 1 aliphatic rings. The normalized spacial score (nSPS) is 22.5. The molecule has 1 aliphatic heterocycles. The Morgan fingerprint density at radius 1 is 1.29 bits per heavy atom. The van der Waals surface area contributed by atoms with Crippen molar-refractivity contribution in [3.63, 3.8) is 0 Å². The van der Waals surface area contributed by atoms with Gasteiger partial charge in [0.15, 0.2) is 0 Å². The SMILES string of the molecule is C[C-](C)C1(C)C=C(C(C)C)C=CC=N1.[CH2-]C.[Rf]. The summed E-state index contributed by atoms with van der Waals surface area (Å²) < 4.78 is 0. The van der Waals surface area contributed by atoms with E-state index in [4.69, 9.17) is 0 Å². The molecule has 0 aromatic rings. The van der Waals surface area contributed by atoms with Crippen LogP contribution in [-0.2, 0) is 0 Å². The third-order valence-corrected chi connectivity index (χ3v) is 2.84. The zero-order valence-corrected chi connectivity index (χ0v) is 18.6. The molecular weight excluding hydrogens is 461 g/mol. The van der Waals surface area contributed by atoms with Crippen molar-refractivity contribution in [1.82, 2.24) is 0 Å². The fourth-order valence-corrected chi connectivity index (χ4v) is 1.39. The van der Waals surface area contributed by atoms with Gasteiger partial charge in [0.2, 0.25) is 0 Å². The number of nitrogens with zero attached hydrogens (tertiary/aromatic N) is 1. The third-order valence-electron chi connectivity index (χ3n) is 2.84. The fourth-order valence-electron chi connectivity index (χ4n) is 1.39. The van der Waals surface area contributed by atoms with E-state index in [0.717, 1.165) is 0 Å². The topological polar surface area (TPSA) is 12.4 Å². The van der Waals surface area contributed by atoms with Gasteiger partial charge < -0.3 is 11.9 Å². The number of hydrogen-bond acceptors (Lipinski definition) is 1. The van der Waals surface area contributed by atoms with Crippen LogP contribution in [0.3, 0.4) is 0 Å². The molecule has 17 heavy (non-hydrogen) atoms. The summed E-state index contributed by atoms with van der Waals surface area (Å²) in [5.41, 5.74) is 1.24. The maximum absolute atomic E-state index is 4.56. The van der Waals surface area contributed by atoms with E-state index in [1.54, 1.807) is 6.92 Å². The van der Waals surface area contributed by atoms with Gasteiger partial charge in [-0.2, -0.15) is 20.8 Å². The summed E-state index contributed by atoms with van der Waals surface area (Å²) in [6.45, 7) is 15.9. The van der Waals surface area contributed by atoms with Crippen molar-refractivity contribution in [2.45, 2.75) is 47.1 Å². The van der Waals surface area contributed by atoms with Crippen LogP contribution >= 0.6 is 0 Å². The summed E-state index contributed by atoms with van der Waals surface area (Å²) >= 11 is 0. The maximum Gasteiger partial charge on any atom is 0.0190 e. The first-order valence-electron chi connectivity index (χ1n) is 5.91. The molecule has 0 spiro atoms. The minimum Gasteiger partial charge on any atom is -0.346 e. The molecule has 0 N–H and O–H groups in total. The van der Waals surface area contributed by atoms with Crippen molar-refractivity contribution in [1.29, 1.82) is 0 Å². The Morgan fingerprint density at radius 2 is 1.82 bits per heavy atom. The predicted molar refractivity (Wildman–Crippen MR) is 74.6 cm³/mol. The molecule has 94 valence electrons. The van der Waals surface area contributed by atoms with Gasteiger partial charge in [0.05, 0.1) is 0 Å². The van der Waals surface area contributed by atoms with Gasteiger partial charge in [-0.15, -0.1) is 0 Å². The van der Waals surface area contributed by atoms with Crippen LogP contribution in [0.15, 0.2) is 28.8 Å². The van der Waals surface area contributed by atoms with E-state index in [1.165, 1.54) is 11.5 Å². The van der Waals surface area contributed by atoms with Crippen LogP contribution < -0.4 is 0 Å². The van der Waals surface area contributed by atoms with E-state index in [1.807, 2.05) is 12.3 Å². The first kappa shape index (κ1) is 17.5. The molecule has 0 aromatic carbocycles. The molecule has 1 atom stereocenters. The molecule has 0 aliphatic carbocycles. The van der Waals surface area contributed by atoms with Crippen LogP contribution in [0.1, 0.15) is 41.5 Å². The van der Waals surface area contributed by atoms with Gasteiger partial charge in [0.1, 0.15) is 0 Å². The van der Waals surface area contributed by atoms with E-state index in [-0.39, 0.29) is 5.54 Å². The molecule has 1 heterocycles. The number of aliphatic imine (C=N–C) groups is 1. The van der Waals surface area contributed by atoms with Crippen molar-refractivity contribution in [2.75, 3.05) is 0 Å². The predicted octanol–water partition coefficient (Wildman–Crippen LogP) is 4.42. The summed E-state index contributed by atoms with van der Waals surface area (Å²) in [5, 5.41) is 0. The van der Waals surface area contributed by atoms with Crippen LogP contribution in [0, 0.1) is 18.8 Å². The summed E-state index contributed by atoms with van der Waals surface area (Å²) in [7, 11) is 0. The Bertz CT molecular complexity index is 287. The van der Waals surface area contributed by atoms with Crippen LogP contribution in [0.25, 0.3) is 0 Å². The molecule has 0 saturated heterocycles. The fraction of sp³-hybridized carbons (Fsp3) is 0.533. The molecule has 0 amide bonds. The van der Waals surface area contributed by atoms with Crippen molar-refractivity contribution < 1.29 is 0 Å². The van der Waals surface area contributed by atoms with Gasteiger partial charge in [-0.1, -0.05) is 32.9 Å². The molecule has 1 nitrogen and oxygen atoms in total. The first-order valence-corrected chi connectivity index (χ1v) is 5.91. The third kappa shape index (κ3) is 4.67. The molecule has 2 heteroatoms. The van der Waals surface area contributed by atoms with E-state index >= 15 is 0 Å². The van der Waals surface area contributed by atoms with Crippen LogP contribution in [0.5, 0.6) is 0 Å². The van der Waals surface area contributed by atoms with Crippen molar-refractivity contribution in [3.8, 4) is 0 Å². The molecule has 0 bridgehead atoms. The Morgan fingerprint density at radius 3 is 2.24 bits per heavy atom. The van der Waals surface area contributed by atoms with Gasteiger partial charge in [0.25, 0.3) is 0 Å². The number of allylic oxidation sites excluding steroid dienone is 3. The standard InChI is InChI=1S/C13H20N.C2H5.Rf/c1-10(2)12-7-6-8-14-13(5,9-12)11(3)4;1-2;/h6-10H,1-5H3;1H2,2H3;/q2*-1;. The van der Waals surface area contributed by atoms with E-state index < -0.39 is 0 Å². The molecule has 0 saturated carbocycles. The summed E-state index contributed by atoms with van der Waals surface area (Å²) in [6.07, 6.45) is 8.36. The summed E-state index contributed by atoms with van der Waals surface area (Å²) in [4.78, 5) is 4.56. The van der Waals surface area contributed by atoms with Gasteiger partial charge in [-0.05, 0) is 23.1 Å². The van der Waals surface area contributed by atoms with Gasteiger partial charge in [-0.25, -0.2) is 0 Å². The summed E-state index contributed by atoms with van der Waals surface area (Å²) in [5.74, 6) is 1.89. The molecule has 0 fully saturated rings. The summed E-state index contributed by atoms with van der Waals surface area (Å²) in [6, 6.07) is 0. The first-order chi connectivity index (χ1) is 7.46. The quantitative estimate of drug-likeness (QED) is 0.513. The maximum atomic E-state index is 4.56. The number of rotatable bonds is 2. The minimum atomic E-state index is -0.122. The van der Waals surface area contributed by atoms with Crippen molar-refractivity contribution >= 4 is 6.21 Å². The Kier molecular flexibility index (Phi) is 7.66. The Hall–Kier alpha value is -1.85. The molecular formula is C15H25NRf-2. The van der Waals surface area contributed by atoms with E-state index in [2.05, 4.69) is 58.7 Å². The van der Waals surface area contributed by atoms with E-state index in [9.17, 15) is 0 Å². The number of hydrogen-bond donors (Lipinski definition) is 0. The molecule has 1 rings (SSSR count). The van der Waals surface area contributed by atoms with E-state index in [0.29, 0.717) is 5.92 Å². The second kappa shape index (κ2) is 7.43. The largest absolute Gasteiger partial charge is 0.346 e. The Balaban J connectivity index is 0. The van der Waals surface area contributed by atoms with Crippen LogP contribution in [0.4, 0.5) is 0 Å². The zero-order valence-electron chi connectivity index (χ0n) is 12.2. The van der Waals surface area contributed by atoms with Gasteiger partial charge in [-0.3, -0.25) is 5.92 Å². The van der Waals surface area contributed by atoms with Crippen LogP contribution in [0.2, 0.25) is 0 Å². The molecule has 1 unspecified atom stereocenters. The Labute approximate surface area is 101 Å². The molecule has 0 radical (unpaired) electrons. The van der Waals surface area contributed by atoms with Crippen molar-refractivity contribution in [2.24, 2.45) is 10.9 Å². The van der Waals surface area contributed by atoms with Gasteiger partial charge in [0, 0.05) is 6.21 Å². The average molecular weight is 486 g/mol. The van der Waals surface area contributed by atoms with Gasteiger partial charge >= 0.3 is 0 Å². The minimum absolute atomic E-state index is 0. The second-order valence-corrected chi connectivity index (χ2v) is 4.58. The molecule has 0 aromatic heterocycles. The second-order valence-electron chi connectivity index (χ2n) is 4.58. The zero-order chi connectivity index (χ0) is 12.8.